The van der Waals surface area contributed by atoms with Gasteiger partial charge in [0.05, 0.1) is 5.70 Å². The van der Waals surface area contributed by atoms with Crippen molar-refractivity contribution >= 4 is 17.3 Å². The molecule has 0 aromatic heterocycles. The van der Waals surface area contributed by atoms with E-state index in [1.165, 1.54) is 25.3 Å². The summed E-state index contributed by atoms with van der Waals surface area (Å²) in [6, 6.07) is 7.30. The maximum absolute atomic E-state index is 11.8. The van der Waals surface area contributed by atoms with Gasteiger partial charge >= 0.3 is 0 Å². The third kappa shape index (κ3) is 2.84. The highest BCUT2D eigenvalue weighted by molar-refractivity contribution is 6.18. The molecular weight excluding hydrogens is 256 g/mol. The predicted molar refractivity (Wildman–Crippen MR) is 76.0 cm³/mol. The topological polar surface area (TPSA) is 72.6 Å². The number of benzene rings is 1. The summed E-state index contributed by atoms with van der Waals surface area (Å²) in [5.41, 5.74) is 7.73. The second-order valence-corrected chi connectivity index (χ2v) is 4.44. The van der Waals surface area contributed by atoms with Gasteiger partial charge in [0, 0.05) is 25.9 Å². The molecular formula is C15H16N2O3. The quantitative estimate of drug-likeness (QED) is 0.661. The third-order valence-electron chi connectivity index (χ3n) is 3.15. The molecule has 104 valence electrons. The zero-order valence-electron chi connectivity index (χ0n) is 11.4. The van der Waals surface area contributed by atoms with E-state index in [-0.39, 0.29) is 11.6 Å². The van der Waals surface area contributed by atoms with Gasteiger partial charge in [0.15, 0.2) is 5.78 Å². The molecule has 1 aromatic rings. The Labute approximate surface area is 117 Å². The Kier molecular flexibility index (Phi) is 4.12. The number of ether oxygens (including phenoxy) is 1. The molecule has 1 atom stereocenters. The number of nitrogens with zero attached hydrogens (tertiary/aromatic N) is 1. The minimum absolute atomic E-state index is 0.190. The van der Waals surface area contributed by atoms with Crippen LogP contribution in [0.1, 0.15) is 11.8 Å². The Morgan fingerprint density at radius 3 is 2.40 bits per heavy atom. The lowest BCUT2D eigenvalue weighted by molar-refractivity contribution is -0.114. The van der Waals surface area contributed by atoms with Crippen LogP contribution in [0.15, 0.2) is 48.2 Å². The predicted octanol–water partition coefficient (Wildman–Crippen LogP) is 1.32. The molecule has 0 spiro atoms. The van der Waals surface area contributed by atoms with Gasteiger partial charge in [0.2, 0.25) is 5.78 Å². The molecule has 1 aliphatic carbocycles. The Hall–Kier alpha value is -2.24. The minimum atomic E-state index is -0.477. The van der Waals surface area contributed by atoms with E-state index in [9.17, 15) is 9.59 Å². The van der Waals surface area contributed by atoms with Crippen molar-refractivity contribution in [3.05, 3.63) is 53.8 Å². The summed E-state index contributed by atoms with van der Waals surface area (Å²) in [6.07, 6.45) is 3.40. The first-order valence-corrected chi connectivity index (χ1v) is 6.13. The van der Waals surface area contributed by atoms with Crippen molar-refractivity contribution in [1.82, 2.24) is 0 Å². The number of anilines is 1. The average Bonchev–Trinajstić information content (AvgIpc) is 2.48. The number of hydrogen-bond donors (Lipinski definition) is 1. The number of hydrogen-bond acceptors (Lipinski definition) is 5. The highest BCUT2D eigenvalue weighted by Gasteiger charge is 2.18. The molecule has 0 radical (unpaired) electrons. The van der Waals surface area contributed by atoms with Crippen molar-refractivity contribution in [3.8, 4) is 0 Å². The normalized spacial score (nSPS) is 16.1. The van der Waals surface area contributed by atoms with Crippen LogP contribution in [-0.2, 0) is 14.3 Å². The molecule has 5 nitrogen and oxygen atoms in total. The molecule has 5 heteroatoms. The van der Waals surface area contributed by atoms with Gasteiger partial charge in [-0.1, -0.05) is 12.1 Å². The Bertz CT molecular complexity index is 588. The van der Waals surface area contributed by atoms with Crippen LogP contribution in [0.4, 0.5) is 5.69 Å². The minimum Gasteiger partial charge on any atom is -0.363 e. The van der Waals surface area contributed by atoms with Crippen LogP contribution >= 0.6 is 0 Å². The van der Waals surface area contributed by atoms with Crippen LogP contribution in [0.5, 0.6) is 0 Å². The molecule has 0 aliphatic heterocycles. The van der Waals surface area contributed by atoms with E-state index in [1.807, 2.05) is 24.3 Å². The lowest BCUT2D eigenvalue weighted by Gasteiger charge is -2.22. The van der Waals surface area contributed by atoms with Crippen LogP contribution in [0.25, 0.3) is 0 Å². The van der Waals surface area contributed by atoms with Crippen LogP contribution in [0.3, 0.4) is 0 Å². The van der Waals surface area contributed by atoms with Gasteiger partial charge in [-0.25, -0.2) is 0 Å². The van der Waals surface area contributed by atoms with E-state index < -0.39 is 6.23 Å². The monoisotopic (exact) mass is 272 g/mol. The zero-order valence-corrected chi connectivity index (χ0v) is 11.4. The highest BCUT2D eigenvalue weighted by atomic mass is 16.5. The summed E-state index contributed by atoms with van der Waals surface area (Å²) in [6.45, 7) is 0. The Morgan fingerprint density at radius 2 is 1.80 bits per heavy atom. The molecule has 1 aromatic carbocycles. The molecule has 1 unspecified atom stereocenters. The summed E-state index contributed by atoms with van der Waals surface area (Å²) >= 11 is 0. The number of ketones is 2. The Balaban J connectivity index is 2.23. The number of likely N-dealkylation sites (N-methyl/N-ethyl adjacent to an activating group) is 1. The molecule has 2 rings (SSSR count). The molecule has 2 N–H and O–H groups in total. The maximum atomic E-state index is 11.8. The molecule has 0 bridgehead atoms. The maximum Gasteiger partial charge on any atom is 0.202 e. The van der Waals surface area contributed by atoms with Crippen molar-refractivity contribution in [3.63, 3.8) is 0 Å². The second-order valence-electron chi connectivity index (χ2n) is 4.44. The Morgan fingerprint density at radius 1 is 1.15 bits per heavy atom. The van der Waals surface area contributed by atoms with Gasteiger partial charge in [-0.05, 0) is 29.8 Å². The van der Waals surface area contributed by atoms with E-state index in [0.717, 1.165) is 11.3 Å². The van der Waals surface area contributed by atoms with Crippen LogP contribution < -0.4 is 10.6 Å². The number of carbonyl (C=O) groups is 2. The van der Waals surface area contributed by atoms with Crippen molar-refractivity contribution < 1.29 is 14.3 Å². The first-order valence-electron chi connectivity index (χ1n) is 6.13. The number of carbonyl (C=O) groups excluding carboxylic acids is 2. The molecule has 1 aliphatic rings. The molecule has 0 heterocycles. The summed E-state index contributed by atoms with van der Waals surface area (Å²) in [5, 5.41) is 0. The van der Waals surface area contributed by atoms with E-state index in [2.05, 4.69) is 0 Å². The molecule has 0 fully saturated rings. The highest BCUT2D eigenvalue weighted by Crippen LogP contribution is 2.22. The van der Waals surface area contributed by atoms with Crippen LogP contribution in [0, 0.1) is 0 Å². The molecule has 0 amide bonds. The summed E-state index contributed by atoms with van der Waals surface area (Å²) < 4.78 is 5.03. The molecule has 0 saturated carbocycles. The lowest BCUT2D eigenvalue weighted by atomic mass is 10.1. The fourth-order valence-corrected chi connectivity index (χ4v) is 1.92. The van der Waals surface area contributed by atoms with Crippen molar-refractivity contribution in [2.24, 2.45) is 5.73 Å². The number of rotatable bonds is 4. The first-order chi connectivity index (χ1) is 9.52. The van der Waals surface area contributed by atoms with Gasteiger partial charge in [-0.2, -0.15) is 0 Å². The fraction of sp³-hybridized carbons (Fsp3) is 0.200. The second kappa shape index (κ2) is 5.81. The SMILES string of the molecule is COC(N)c1ccc(N(C)C2=CC(=O)C=CC2=O)cc1. The smallest absolute Gasteiger partial charge is 0.202 e. The van der Waals surface area contributed by atoms with Crippen LogP contribution in [0.2, 0.25) is 0 Å². The van der Waals surface area contributed by atoms with Gasteiger partial charge in [-0.3, -0.25) is 9.59 Å². The lowest BCUT2D eigenvalue weighted by Crippen LogP contribution is -2.25. The van der Waals surface area contributed by atoms with Gasteiger partial charge in [0.1, 0.15) is 6.23 Å². The zero-order chi connectivity index (χ0) is 14.7. The van der Waals surface area contributed by atoms with E-state index in [1.54, 1.807) is 11.9 Å². The largest absolute Gasteiger partial charge is 0.363 e. The summed E-state index contributed by atoms with van der Waals surface area (Å²) in [5.74, 6) is -0.380. The fourth-order valence-electron chi connectivity index (χ4n) is 1.92. The summed E-state index contributed by atoms with van der Waals surface area (Å²) in [7, 11) is 3.27. The summed E-state index contributed by atoms with van der Waals surface area (Å²) in [4.78, 5) is 24.8. The average molecular weight is 272 g/mol. The number of methoxy groups -OCH3 is 1. The number of allylic oxidation sites excluding steroid dienone is 3. The first kappa shape index (κ1) is 14.2. The van der Waals surface area contributed by atoms with E-state index in [4.69, 9.17) is 10.5 Å². The molecule has 0 saturated heterocycles. The van der Waals surface area contributed by atoms with Gasteiger partial charge in [0.25, 0.3) is 0 Å². The van der Waals surface area contributed by atoms with Crippen molar-refractivity contribution in [2.75, 3.05) is 19.1 Å². The van der Waals surface area contributed by atoms with E-state index >= 15 is 0 Å². The standard InChI is InChI=1S/C15H16N2O3/c1-17(13-9-12(18)7-8-14(13)19)11-5-3-10(4-6-11)15(16)20-2/h3-9,15H,16H2,1-2H3. The van der Waals surface area contributed by atoms with E-state index in [0.29, 0.717) is 5.70 Å². The third-order valence-corrected chi connectivity index (χ3v) is 3.15. The van der Waals surface area contributed by atoms with Crippen LogP contribution in [-0.4, -0.2) is 25.7 Å². The van der Waals surface area contributed by atoms with Gasteiger partial charge < -0.3 is 15.4 Å². The number of nitrogens with two attached hydrogens (primary N) is 1. The van der Waals surface area contributed by atoms with Crippen molar-refractivity contribution in [1.29, 1.82) is 0 Å². The van der Waals surface area contributed by atoms with Gasteiger partial charge in [-0.15, -0.1) is 0 Å². The van der Waals surface area contributed by atoms with Crippen molar-refractivity contribution in [2.45, 2.75) is 6.23 Å². The molecule has 20 heavy (non-hydrogen) atoms.